The molecule has 2 nitrogen and oxygen atoms in total. The smallest absolute Gasteiger partial charge is 0.0697 e. The molecular formula is C45H42N2. The number of rotatable bonds is 7. The molecule has 0 unspecified atom stereocenters. The van der Waals surface area contributed by atoms with Crippen molar-refractivity contribution in [3.8, 4) is 5.69 Å². The molecule has 2 aromatic heterocycles. The molecule has 0 amide bonds. The van der Waals surface area contributed by atoms with Crippen molar-refractivity contribution in [2.24, 2.45) is 11.8 Å². The second-order valence-corrected chi connectivity index (χ2v) is 14.0. The molecule has 232 valence electrons. The average molecular weight is 611 g/mol. The average Bonchev–Trinajstić information content (AvgIpc) is 3.62. The molecule has 0 bridgehead atoms. The van der Waals surface area contributed by atoms with Crippen molar-refractivity contribution >= 4 is 43.6 Å². The van der Waals surface area contributed by atoms with Crippen molar-refractivity contribution in [1.82, 2.24) is 9.13 Å². The summed E-state index contributed by atoms with van der Waals surface area (Å²) in [4.78, 5) is 0. The van der Waals surface area contributed by atoms with Crippen LogP contribution in [0.2, 0.25) is 0 Å². The monoisotopic (exact) mass is 610 g/mol. The Bertz CT molecular complexity index is 2260. The highest BCUT2D eigenvalue weighted by Crippen LogP contribution is 2.43. The van der Waals surface area contributed by atoms with E-state index in [0.29, 0.717) is 17.8 Å². The van der Waals surface area contributed by atoms with Crippen LogP contribution in [0.5, 0.6) is 0 Å². The molecule has 0 radical (unpaired) electrons. The van der Waals surface area contributed by atoms with E-state index in [-0.39, 0.29) is 5.54 Å². The SMILES string of the molecule is CC(C)[C@@H](c1ccc(-n2c3ccccc3c3ccccc32)cc1)c1ccc([C@](C)(C(C)C)n2c3ccccc3c3ccccc32)cc1. The Morgan fingerprint density at radius 3 is 1.26 bits per heavy atom. The van der Waals surface area contributed by atoms with Crippen molar-refractivity contribution < 1.29 is 0 Å². The summed E-state index contributed by atoms with van der Waals surface area (Å²) in [6, 6.07) is 54.0. The minimum Gasteiger partial charge on any atom is -0.330 e. The van der Waals surface area contributed by atoms with Crippen LogP contribution in [0, 0.1) is 11.8 Å². The van der Waals surface area contributed by atoms with Gasteiger partial charge in [-0.25, -0.2) is 0 Å². The summed E-state index contributed by atoms with van der Waals surface area (Å²) < 4.78 is 4.99. The number of aromatic nitrogens is 2. The van der Waals surface area contributed by atoms with Gasteiger partial charge in [0, 0.05) is 44.2 Å². The first kappa shape index (κ1) is 29.3. The van der Waals surface area contributed by atoms with Gasteiger partial charge < -0.3 is 9.13 Å². The zero-order chi connectivity index (χ0) is 32.3. The summed E-state index contributed by atoms with van der Waals surface area (Å²) in [5.74, 6) is 1.13. The Hall–Kier alpha value is -5.08. The molecular weight excluding hydrogens is 569 g/mol. The van der Waals surface area contributed by atoms with Crippen molar-refractivity contribution in [3.05, 3.63) is 162 Å². The number of hydrogen-bond acceptors (Lipinski definition) is 0. The quantitative estimate of drug-likeness (QED) is 0.170. The highest BCUT2D eigenvalue weighted by atomic mass is 15.1. The molecule has 0 saturated heterocycles. The van der Waals surface area contributed by atoms with Crippen LogP contribution in [0.25, 0.3) is 49.3 Å². The number of hydrogen-bond donors (Lipinski definition) is 0. The van der Waals surface area contributed by atoms with Gasteiger partial charge in [0.1, 0.15) is 0 Å². The van der Waals surface area contributed by atoms with Crippen molar-refractivity contribution in [3.63, 3.8) is 0 Å². The number of para-hydroxylation sites is 4. The molecule has 0 spiro atoms. The van der Waals surface area contributed by atoms with Crippen LogP contribution in [-0.2, 0) is 5.54 Å². The van der Waals surface area contributed by atoms with E-state index in [4.69, 9.17) is 0 Å². The van der Waals surface area contributed by atoms with Crippen molar-refractivity contribution in [1.29, 1.82) is 0 Å². The fraction of sp³-hybridized carbons (Fsp3) is 0.200. The van der Waals surface area contributed by atoms with Crippen LogP contribution in [-0.4, -0.2) is 9.13 Å². The molecule has 0 aliphatic heterocycles. The number of fused-ring (bicyclic) bond motifs is 6. The summed E-state index contributed by atoms with van der Waals surface area (Å²) in [5, 5.41) is 5.22. The molecule has 2 atom stereocenters. The van der Waals surface area contributed by atoms with Crippen LogP contribution in [0.3, 0.4) is 0 Å². The molecule has 0 aliphatic carbocycles. The predicted octanol–water partition coefficient (Wildman–Crippen LogP) is 12.1. The lowest BCUT2D eigenvalue weighted by atomic mass is 9.78. The van der Waals surface area contributed by atoms with Gasteiger partial charge in [0.25, 0.3) is 0 Å². The van der Waals surface area contributed by atoms with Gasteiger partial charge in [-0.15, -0.1) is 0 Å². The van der Waals surface area contributed by atoms with Gasteiger partial charge in [-0.2, -0.15) is 0 Å². The standard InChI is InChI=1S/C45H42N2/c1-30(2)44(33-24-28-35(29-25-33)46-40-18-10-6-14-36(40)37-15-7-11-19-41(37)46)32-22-26-34(27-23-32)45(5,31(3)4)47-42-20-12-8-16-38(42)39-17-9-13-21-43(39)47/h6-31,44H,1-5H3/t44-,45+/m1/s1. The highest BCUT2D eigenvalue weighted by molar-refractivity contribution is 6.09. The maximum Gasteiger partial charge on any atom is 0.0697 e. The summed E-state index contributed by atoms with van der Waals surface area (Å²) in [7, 11) is 0. The second kappa shape index (κ2) is 11.3. The fourth-order valence-electron chi connectivity index (χ4n) is 8.17. The van der Waals surface area contributed by atoms with E-state index in [2.05, 4.69) is 189 Å². The summed E-state index contributed by atoms with van der Waals surface area (Å²) in [6.07, 6.45) is 0. The summed E-state index contributed by atoms with van der Waals surface area (Å²) in [5.41, 5.74) is 10.1. The van der Waals surface area contributed by atoms with Gasteiger partial charge in [0.05, 0.1) is 16.6 Å². The first-order valence-electron chi connectivity index (χ1n) is 17.1. The Morgan fingerprint density at radius 1 is 0.447 bits per heavy atom. The lowest BCUT2D eigenvalue weighted by Crippen LogP contribution is -2.37. The van der Waals surface area contributed by atoms with E-state index in [1.54, 1.807) is 0 Å². The summed E-state index contributed by atoms with van der Waals surface area (Å²) in [6.45, 7) is 11.8. The van der Waals surface area contributed by atoms with Crippen LogP contribution in [0.1, 0.15) is 57.2 Å². The molecule has 0 saturated carbocycles. The highest BCUT2D eigenvalue weighted by Gasteiger charge is 2.35. The molecule has 0 N–H and O–H groups in total. The van der Waals surface area contributed by atoms with Crippen molar-refractivity contribution in [2.75, 3.05) is 0 Å². The van der Waals surface area contributed by atoms with Gasteiger partial charge >= 0.3 is 0 Å². The number of benzene rings is 6. The lowest BCUT2D eigenvalue weighted by Gasteiger charge is -2.38. The molecule has 8 aromatic rings. The van der Waals surface area contributed by atoms with Crippen LogP contribution >= 0.6 is 0 Å². The van der Waals surface area contributed by atoms with Gasteiger partial charge in [0.2, 0.25) is 0 Å². The maximum atomic E-state index is 2.59. The zero-order valence-corrected chi connectivity index (χ0v) is 28.0. The molecule has 2 heteroatoms. The first-order chi connectivity index (χ1) is 22.9. The minimum atomic E-state index is -0.224. The topological polar surface area (TPSA) is 9.86 Å². The van der Waals surface area contributed by atoms with Gasteiger partial charge in [0.15, 0.2) is 0 Å². The lowest BCUT2D eigenvalue weighted by molar-refractivity contribution is 0.297. The summed E-state index contributed by atoms with van der Waals surface area (Å²) >= 11 is 0. The maximum absolute atomic E-state index is 2.59. The van der Waals surface area contributed by atoms with E-state index < -0.39 is 0 Å². The molecule has 0 aliphatic rings. The van der Waals surface area contributed by atoms with Gasteiger partial charge in [-0.3, -0.25) is 0 Å². The molecule has 8 rings (SSSR count). The van der Waals surface area contributed by atoms with E-state index >= 15 is 0 Å². The van der Waals surface area contributed by atoms with Crippen LogP contribution < -0.4 is 0 Å². The first-order valence-corrected chi connectivity index (χ1v) is 17.1. The van der Waals surface area contributed by atoms with E-state index in [1.807, 2.05) is 0 Å². The third kappa shape index (κ3) is 4.53. The largest absolute Gasteiger partial charge is 0.330 e. The molecule has 6 aromatic carbocycles. The van der Waals surface area contributed by atoms with E-state index in [0.717, 1.165) is 0 Å². The zero-order valence-electron chi connectivity index (χ0n) is 28.0. The van der Waals surface area contributed by atoms with E-state index in [9.17, 15) is 0 Å². The van der Waals surface area contributed by atoms with Gasteiger partial charge in [-0.1, -0.05) is 137 Å². The molecule has 0 fully saturated rings. The Kier molecular flexibility index (Phi) is 7.06. The Balaban J connectivity index is 1.19. The normalized spacial score (nSPS) is 14.1. The van der Waals surface area contributed by atoms with Crippen LogP contribution in [0.4, 0.5) is 0 Å². The third-order valence-corrected chi connectivity index (χ3v) is 10.8. The Labute approximate surface area is 277 Å². The van der Waals surface area contributed by atoms with Crippen molar-refractivity contribution in [2.45, 2.75) is 46.1 Å². The Morgan fingerprint density at radius 2 is 0.830 bits per heavy atom. The fourth-order valence-corrected chi connectivity index (χ4v) is 8.17. The van der Waals surface area contributed by atoms with E-state index in [1.165, 1.54) is 66.0 Å². The molecule has 2 heterocycles. The number of nitrogens with zero attached hydrogens (tertiary/aromatic N) is 2. The second-order valence-electron chi connectivity index (χ2n) is 14.0. The third-order valence-electron chi connectivity index (χ3n) is 10.8. The van der Waals surface area contributed by atoms with Crippen LogP contribution in [0.15, 0.2) is 146 Å². The molecule has 47 heavy (non-hydrogen) atoms. The van der Waals surface area contributed by atoms with Gasteiger partial charge in [-0.05, 0) is 71.8 Å². The predicted molar refractivity (Wildman–Crippen MR) is 201 cm³/mol. The minimum absolute atomic E-state index is 0.224.